The van der Waals surface area contributed by atoms with Crippen LogP contribution >= 0.6 is 0 Å². The first-order chi connectivity index (χ1) is 11.3. The third-order valence-corrected chi connectivity index (χ3v) is 3.53. The van der Waals surface area contributed by atoms with Crippen LogP contribution < -0.4 is 15.4 Å². The smallest absolute Gasteiger partial charge is 0.315 e. The molecule has 1 heterocycles. The van der Waals surface area contributed by atoms with Crippen molar-refractivity contribution in [1.82, 2.24) is 10.6 Å². The Kier molecular flexibility index (Phi) is 5.46. The van der Waals surface area contributed by atoms with Crippen molar-refractivity contribution in [2.24, 2.45) is 0 Å². The molecule has 1 aromatic carbocycles. The van der Waals surface area contributed by atoms with Crippen LogP contribution in [-0.4, -0.2) is 24.8 Å². The fraction of sp³-hybridized carbons (Fsp3) is 0.353. The highest BCUT2D eigenvalue weighted by atomic mass is 19.1. The number of hydrogen-bond acceptors (Lipinski definition) is 4. The second-order valence-corrected chi connectivity index (χ2v) is 5.69. The summed E-state index contributed by atoms with van der Waals surface area (Å²) < 4.78 is 23.8. The maximum atomic E-state index is 13.6. The predicted molar refractivity (Wildman–Crippen MR) is 86.2 cm³/mol. The maximum absolute atomic E-state index is 13.6. The molecule has 1 atom stereocenters. The summed E-state index contributed by atoms with van der Waals surface area (Å²) in [6.07, 6.45) is 0. The minimum atomic E-state index is -1.32. The van der Waals surface area contributed by atoms with Gasteiger partial charge < -0.3 is 24.9 Å². The van der Waals surface area contributed by atoms with Crippen molar-refractivity contribution in [3.05, 3.63) is 53.2 Å². The van der Waals surface area contributed by atoms with Crippen LogP contribution in [0.5, 0.6) is 5.75 Å². The Balaban J connectivity index is 1.84. The fourth-order valence-corrected chi connectivity index (χ4v) is 2.13. The van der Waals surface area contributed by atoms with Gasteiger partial charge in [0, 0.05) is 6.54 Å². The molecular formula is C17H21FN2O4. The molecule has 2 rings (SSSR count). The van der Waals surface area contributed by atoms with Gasteiger partial charge in [-0.25, -0.2) is 9.18 Å². The van der Waals surface area contributed by atoms with Crippen LogP contribution in [-0.2, 0) is 12.1 Å². The van der Waals surface area contributed by atoms with E-state index >= 15 is 0 Å². The van der Waals surface area contributed by atoms with E-state index in [-0.39, 0.29) is 18.8 Å². The van der Waals surface area contributed by atoms with E-state index in [0.717, 1.165) is 0 Å². The molecule has 1 unspecified atom stereocenters. The number of aryl methyl sites for hydroxylation is 1. The first kappa shape index (κ1) is 17.8. The molecule has 0 spiro atoms. The second kappa shape index (κ2) is 7.35. The number of nitrogens with one attached hydrogen (secondary N) is 2. The molecule has 130 valence electrons. The topological polar surface area (TPSA) is 83.7 Å². The van der Waals surface area contributed by atoms with Crippen molar-refractivity contribution in [2.75, 3.05) is 13.7 Å². The lowest BCUT2D eigenvalue weighted by molar-refractivity contribution is 0.0359. The lowest BCUT2D eigenvalue weighted by Crippen LogP contribution is -2.43. The highest BCUT2D eigenvalue weighted by molar-refractivity contribution is 5.73. The summed E-state index contributed by atoms with van der Waals surface area (Å²) in [5.74, 6) is 0.704. The molecule has 0 aliphatic carbocycles. The van der Waals surface area contributed by atoms with Gasteiger partial charge in [0.15, 0.2) is 11.6 Å². The van der Waals surface area contributed by atoms with Crippen LogP contribution in [0.4, 0.5) is 9.18 Å². The van der Waals surface area contributed by atoms with E-state index < -0.39 is 17.4 Å². The predicted octanol–water partition coefficient (Wildman–Crippen LogP) is 2.44. The number of amides is 2. The summed E-state index contributed by atoms with van der Waals surface area (Å²) in [6.45, 7) is 3.44. The normalized spacial score (nSPS) is 13.2. The fourth-order valence-electron chi connectivity index (χ4n) is 2.13. The molecule has 0 bridgehead atoms. The molecule has 0 aliphatic heterocycles. The van der Waals surface area contributed by atoms with E-state index in [4.69, 9.17) is 9.15 Å². The van der Waals surface area contributed by atoms with Gasteiger partial charge in [-0.05, 0) is 43.7 Å². The summed E-state index contributed by atoms with van der Waals surface area (Å²) in [5.41, 5.74) is -0.727. The van der Waals surface area contributed by atoms with Crippen LogP contribution in [0.2, 0.25) is 0 Å². The number of halogens is 1. The van der Waals surface area contributed by atoms with E-state index in [1.165, 1.54) is 19.2 Å². The summed E-state index contributed by atoms with van der Waals surface area (Å²) in [4.78, 5) is 11.8. The minimum absolute atomic E-state index is 0.0250. The molecule has 0 aliphatic rings. The Morgan fingerprint density at radius 3 is 2.67 bits per heavy atom. The Morgan fingerprint density at radius 1 is 1.33 bits per heavy atom. The van der Waals surface area contributed by atoms with Gasteiger partial charge in [-0.3, -0.25) is 0 Å². The number of carbonyl (C=O) groups is 1. The largest absolute Gasteiger partial charge is 0.494 e. The molecule has 0 saturated carbocycles. The zero-order chi connectivity index (χ0) is 17.7. The van der Waals surface area contributed by atoms with Gasteiger partial charge in [0.05, 0.1) is 13.7 Å². The van der Waals surface area contributed by atoms with E-state index in [9.17, 15) is 14.3 Å². The van der Waals surface area contributed by atoms with E-state index in [0.29, 0.717) is 17.1 Å². The van der Waals surface area contributed by atoms with E-state index in [2.05, 4.69) is 10.6 Å². The number of aliphatic hydroxyl groups is 1. The number of hydrogen-bond donors (Lipinski definition) is 3. The summed E-state index contributed by atoms with van der Waals surface area (Å²) in [6, 6.07) is 7.37. The van der Waals surface area contributed by atoms with Gasteiger partial charge in [0.25, 0.3) is 0 Å². The average molecular weight is 336 g/mol. The molecule has 2 amide bonds. The van der Waals surface area contributed by atoms with Crippen molar-refractivity contribution >= 4 is 6.03 Å². The van der Waals surface area contributed by atoms with Crippen LogP contribution in [0.15, 0.2) is 34.7 Å². The van der Waals surface area contributed by atoms with Crippen molar-refractivity contribution in [2.45, 2.75) is 26.0 Å². The maximum Gasteiger partial charge on any atom is 0.315 e. The number of carbonyl (C=O) groups excluding carboxylic acids is 1. The Morgan fingerprint density at radius 2 is 2.08 bits per heavy atom. The van der Waals surface area contributed by atoms with Gasteiger partial charge in [-0.1, -0.05) is 6.07 Å². The molecule has 0 saturated heterocycles. The van der Waals surface area contributed by atoms with Crippen molar-refractivity contribution in [1.29, 1.82) is 0 Å². The molecule has 3 N–H and O–H groups in total. The van der Waals surface area contributed by atoms with Gasteiger partial charge in [0.1, 0.15) is 17.1 Å². The molecular weight excluding hydrogens is 315 g/mol. The average Bonchev–Trinajstić information content (AvgIpc) is 2.98. The molecule has 0 radical (unpaired) electrons. The number of methoxy groups -OCH3 is 1. The molecule has 7 heteroatoms. The Bertz CT molecular complexity index is 712. The number of ether oxygens (including phenoxy) is 1. The quantitative estimate of drug-likeness (QED) is 0.756. The van der Waals surface area contributed by atoms with Crippen molar-refractivity contribution in [3.63, 3.8) is 0 Å². The molecule has 24 heavy (non-hydrogen) atoms. The summed E-state index contributed by atoms with van der Waals surface area (Å²) >= 11 is 0. The third-order valence-electron chi connectivity index (χ3n) is 3.53. The number of benzene rings is 1. The van der Waals surface area contributed by atoms with Crippen LogP contribution in [0.25, 0.3) is 0 Å². The minimum Gasteiger partial charge on any atom is -0.494 e. The van der Waals surface area contributed by atoms with Crippen molar-refractivity contribution in [3.8, 4) is 5.75 Å². The third kappa shape index (κ3) is 4.48. The Labute approximate surface area is 139 Å². The first-order valence-electron chi connectivity index (χ1n) is 7.45. The molecule has 2 aromatic rings. The zero-order valence-corrected chi connectivity index (χ0v) is 13.9. The highest BCUT2D eigenvalue weighted by Gasteiger charge is 2.27. The Hall–Kier alpha value is -2.54. The number of furan rings is 1. The molecule has 6 nitrogen and oxygen atoms in total. The van der Waals surface area contributed by atoms with Crippen LogP contribution in [0.3, 0.4) is 0 Å². The lowest BCUT2D eigenvalue weighted by atomic mass is 10.0. The molecule has 1 aromatic heterocycles. The molecule has 0 fully saturated rings. The van der Waals surface area contributed by atoms with Gasteiger partial charge in [0.2, 0.25) is 0 Å². The van der Waals surface area contributed by atoms with Gasteiger partial charge in [-0.15, -0.1) is 0 Å². The summed E-state index contributed by atoms with van der Waals surface area (Å²) in [7, 11) is 1.39. The van der Waals surface area contributed by atoms with Gasteiger partial charge in [-0.2, -0.15) is 0 Å². The van der Waals surface area contributed by atoms with Crippen molar-refractivity contribution < 1.29 is 23.4 Å². The summed E-state index contributed by atoms with van der Waals surface area (Å²) in [5, 5.41) is 15.5. The first-order valence-corrected chi connectivity index (χ1v) is 7.45. The van der Waals surface area contributed by atoms with Crippen LogP contribution in [0.1, 0.15) is 24.0 Å². The SMILES string of the molecule is COc1ccc(CNC(=O)NCC(C)(O)c2ccc(C)o2)cc1F. The van der Waals surface area contributed by atoms with E-state index in [1.54, 1.807) is 32.0 Å². The van der Waals surface area contributed by atoms with Gasteiger partial charge >= 0.3 is 6.03 Å². The standard InChI is InChI=1S/C17H21FN2O4/c1-11-4-7-15(24-11)17(2,22)10-20-16(21)19-9-12-5-6-14(23-3)13(18)8-12/h4-8,22H,9-10H2,1-3H3,(H2,19,20,21). The van der Waals surface area contributed by atoms with Crippen LogP contribution in [0, 0.1) is 12.7 Å². The zero-order valence-electron chi connectivity index (χ0n) is 13.9. The highest BCUT2D eigenvalue weighted by Crippen LogP contribution is 2.22. The number of rotatable bonds is 6. The number of urea groups is 1. The second-order valence-electron chi connectivity index (χ2n) is 5.69. The van der Waals surface area contributed by atoms with E-state index in [1.807, 2.05) is 0 Å². The lowest BCUT2D eigenvalue weighted by Gasteiger charge is -2.21. The monoisotopic (exact) mass is 336 g/mol.